The van der Waals surface area contributed by atoms with Crippen LogP contribution >= 0.6 is 0 Å². The van der Waals surface area contributed by atoms with Gasteiger partial charge in [-0.15, -0.1) is 0 Å². The molecule has 0 saturated heterocycles. The maximum Gasteiger partial charge on any atom is 0.339 e. The Morgan fingerprint density at radius 3 is 2.53 bits per heavy atom. The van der Waals surface area contributed by atoms with E-state index in [4.69, 9.17) is 5.11 Å². The van der Waals surface area contributed by atoms with Gasteiger partial charge in [0.2, 0.25) is 0 Å². The number of pyridine rings is 1. The van der Waals surface area contributed by atoms with E-state index in [2.05, 4.69) is 10.3 Å². The number of nitrogens with one attached hydrogen (secondary N) is 1. The first-order chi connectivity index (χ1) is 9.00. The van der Waals surface area contributed by atoms with Gasteiger partial charge in [0, 0.05) is 12.4 Å². The second kappa shape index (κ2) is 4.97. The van der Waals surface area contributed by atoms with Crippen LogP contribution in [0.1, 0.15) is 10.4 Å². The van der Waals surface area contributed by atoms with Gasteiger partial charge in [-0.25, -0.2) is 18.0 Å². The van der Waals surface area contributed by atoms with E-state index >= 15 is 0 Å². The number of nitrogens with zero attached hydrogens (tertiary/aromatic N) is 1. The van der Waals surface area contributed by atoms with Crippen molar-refractivity contribution in [3.8, 4) is 0 Å². The Balaban J connectivity index is 2.42. The Morgan fingerprint density at radius 2 is 1.84 bits per heavy atom. The molecule has 2 N–H and O–H groups in total. The number of benzene rings is 1. The van der Waals surface area contributed by atoms with E-state index in [0.29, 0.717) is 0 Å². The Labute approximate surface area is 105 Å². The number of rotatable bonds is 3. The zero-order valence-corrected chi connectivity index (χ0v) is 9.32. The molecular formula is C12H7F3N2O2. The second-order valence-electron chi connectivity index (χ2n) is 3.57. The molecule has 0 amide bonds. The first-order valence-electron chi connectivity index (χ1n) is 5.08. The standard InChI is InChI=1S/C12H7F3N2O2/c13-7-1-2-9(11(15)10(7)14)17-8-3-4-16-5-6(8)12(18)19/h1-5H,(H,16,17)(H,18,19). The molecule has 0 radical (unpaired) electrons. The van der Waals surface area contributed by atoms with Crippen LogP contribution in [-0.4, -0.2) is 16.1 Å². The lowest BCUT2D eigenvalue weighted by atomic mass is 10.2. The summed E-state index contributed by atoms with van der Waals surface area (Å²) < 4.78 is 39.2. The molecule has 1 aromatic heterocycles. The molecule has 0 bridgehead atoms. The molecule has 0 unspecified atom stereocenters. The molecule has 0 spiro atoms. The van der Waals surface area contributed by atoms with E-state index in [9.17, 15) is 18.0 Å². The van der Waals surface area contributed by atoms with Crippen molar-refractivity contribution < 1.29 is 23.1 Å². The number of carboxylic acid groups (broad SMARTS) is 1. The molecule has 0 aliphatic heterocycles. The summed E-state index contributed by atoms with van der Waals surface area (Å²) in [7, 11) is 0. The van der Waals surface area contributed by atoms with Crippen molar-refractivity contribution in [3.05, 3.63) is 53.6 Å². The minimum absolute atomic E-state index is 0.0207. The summed E-state index contributed by atoms with van der Waals surface area (Å²) >= 11 is 0. The number of halogens is 3. The van der Waals surface area contributed by atoms with Gasteiger partial charge in [-0.1, -0.05) is 0 Å². The van der Waals surface area contributed by atoms with E-state index in [1.54, 1.807) is 0 Å². The van der Waals surface area contributed by atoms with E-state index in [1.165, 1.54) is 12.3 Å². The summed E-state index contributed by atoms with van der Waals surface area (Å²) in [4.78, 5) is 14.5. The lowest BCUT2D eigenvalue weighted by Gasteiger charge is -2.10. The molecule has 4 nitrogen and oxygen atoms in total. The van der Waals surface area contributed by atoms with Gasteiger partial charge in [0.05, 0.1) is 11.4 Å². The molecule has 1 aromatic carbocycles. The molecule has 0 fully saturated rings. The van der Waals surface area contributed by atoms with Gasteiger partial charge >= 0.3 is 5.97 Å². The number of hydrogen-bond donors (Lipinski definition) is 2. The van der Waals surface area contributed by atoms with Crippen molar-refractivity contribution in [2.75, 3.05) is 5.32 Å². The maximum atomic E-state index is 13.4. The fraction of sp³-hybridized carbons (Fsp3) is 0. The van der Waals surface area contributed by atoms with Gasteiger partial charge in [-0.3, -0.25) is 4.98 Å². The highest BCUT2D eigenvalue weighted by Crippen LogP contribution is 2.25. The summed E-state index contributed by atoms with van der Waals surface area (Å²) in [6.07, 6.45) is 2.34. The minimum Gasteiger partial charge on any atom is -0.478 e. The lowest BCUT2D eigenvalue weighted by molar-refractivity contribution is 0.0697. The summed E-state index contributed by atoms with van der Waals surface area (Å²) in [5.41, 5.74) is -0.563. The van der Waals surface area contributed by atoms with Gasteiger partial charge < -0.3 is 10.4 Å². The van der Waals surface area contributed by atoms with Gasteiger partial charge in [-0.2, -0.15) is 0 Å². The number of anilines is 2. The first kappa shape index (κ1) is 12.9. The van der Waals surface area contributed by atoms with Crippen LogP contribution in [0.2, 0.25) is 0 Å². The van der Waals surface area contributed by atoms with Crippen molar-refractivity contribution >= 4 is 17.3 Å². The average molecular weight is 268 g/mol. The van der Waals surface area contributed by atoms with E-state index in [0.717, 1.165) is 18.3 Å². The highest BCUT2D eigenvalue weighted by atomic mass is 19.2. The highest BCUT2D eigenvalue weighted by molar-refractivity contribution is 5.94. The maximum absolute atomic E-state index is 13.4. The van der Waals surface area contributed by atoms with Gasteiger partial charge in [-0.05, 0) is 18.2 Å². The smallest absolute Gasteiger partial charge is 0.339 e. The van der Waals surface area contributed by atoms with Crippen LogP contribution in [-0.2, 0) is 0 Å². The fourth-order valence-electron chi connectivity index (χ4n) is 1.44. The first-order valence-corrected chi connectivity index (χ1v) is 5.08. The molecule has 0 saturated carbocycles. The van der Waals surface area contributed by atoms with Crippen LogP contribution in [0.4, 0.5) is 24.5 Å². The van der Waals surface area contributed by atoms with Crippen LogP contribution in [0, 0.1) is 17.5 Å². The number of aromatic nitrogens is 1. The summed E-state index contributed by atoms with van der Waals surface area (Å²) in [5.74, 6) is -5.65. The zero-order valence-electron chi connectivity index (χ0n) is 9.32. The number of aromatic carboxylic acids is 1. The number of hydrogen-bond acceptors (Lipinski definition) is 3. The minimum atomic E-state index is -1.63. The van der Waals surface area contributed by atoms with Crippen molar-refractivity contribution in [3.63, 3.8) is 0 Å². The normalized spacial score (nSPS) is 10.3. The molecular weight excluding hydrogens is 261 g/mol. The summed E-state index contributed by atoms with van der Waals surface area (Å²) in [6.45, 7) is 0. The predicted molar refractivity (Wildman–Crippen MR) is 60.8 cm³/mol. The van der Waals surface area contributed by atoms with E-state index < -0.39 is 23.4 Å². The number of carbonyl (C=O) groups is 1. The Kier molecular flexibility index (Phi) is 3.37. The quantitative estimate of drug-likeness (QED) is 0.840. The zero-order chi connectivity index (χ0) is 14.0. The summed E-state index contributed by atoms with van der Waals surface area (Å²) in [6, 6.07) is 2.99. The number of carboxylic acids is 1. The third-order valence-corrected chi connectivity index (χ3v) is 2.36. The van der Waals surface area contributed by atoms with Crippen LogP contribution in [0.3, 0.4) is 0 Å². The Hall–Kier alpha value is -2.57. The molecule has 0 aliphatic rings. The molecule has 98 valence electrons. The van der Waals surface area contributed by atoms with E-state index in [1.807, 2.05) is 0 Å². The van der Waals surface area contributed by atoms with Gasteiger partial charge in [0.25, 0.3) is 0 Å². The second-order valence-corrected chi connectivity index (χ2v) is 3.57. The highest BCUT2D eigenvalue weighted by Gasteiger charge is 2.16. The van der Waals surface area contributed by atoms with Crippen LogP contribution in [0.15, 0.2) is 30.6 Å². The van der Waals surface area contributed by atoms with Gasteiger partial charge in [0.1, 0.15) is 5.56 Å². The lowest BCUT2D eigenvalue weighted by Crippen LogP contribution is -2.05. The molecule has 7 heteroatoms. The summed E-state index contributed by atoms with van der Waals surface area (Å²) in [5, 5.41) is 11.3. The Morgan fingerprint density at radius 1 is 1.11 bits per heavy atom. The van der Waals surface area contributed by atoms with Crippen molar-refractivity contribution in [2.24, 2.45) is 0 Å². The van der Waals surface area contributed by atoms with Crippen LogP contribution in [0.25, 0.3) is 0 Å². The third-order valence-electron chi connectivity index (χ3n) is 2.36. The Bertz CT molecular complexity index is 647. The molecule has 2 aromatic rings. The topological polar surface area (TPSA) is 62.2 Å². The molecule has 2 rings (SSSR count). The molecule has 19 heavy (non-hydrogen) atoms. The SMILES string of the molecule is O=C(O)c1cnccc1Nc1ccc(F)c(F)c1F. The third kappa shape index (κ3) is 2.49. The van der Waals surface area contributed by atoms with Crippen LogP contribution in [0.5, 0.6) is 0 Å². The van der Waals surface area contributed by atoms with Crippen molar-refractivity contribution in [2.45, 2.75) is 0 Å². The van der Waals surface area contributed by atoms with Gasteiger partial charge in [0.15, 0.2) is 17.5 Å². The van der Waals surface area contributed by atoms with Crippen molar-refractivity contribution in [1.29, 1.82) is 0 Å². The predicted octanol–water partition coefficient (Wildman–Crippen LogP) is 2.94. The van der Waals surface area contributed by atoms with E-state index in [-0.39, 0.29) is 16.9 Å². The van der Waals surface area contributed by atoms with Crippen molar-refractivity contribution in [1.82, 2.24) is 4.98 Å². The largest absolute Gasteiger partial charge is 0.478 e. The average Bonchev–Trinajstić information content (AvgIpc) is 2.40. The monoisotopic (exact) mass is 268 g/mol. The molecule has 1 heterocycles. The molecule has 0 aliphatic carbocycles. The van der Waals surface area contributed by atoms with Crippen LogP contribution < -0.4 is 5.32 Å². The molecule has 0 atom stereocenters. The fourth-order valence-corrected chi connectivity index (χ4v) is 1.44.